The highest BCUT2D eigenvalue weighted by molar-refractivity contribution is 6.30. The Morgan fingerprint density at radius 1 is 1.52 bits per heavy atom. The van der Waals surface area contributed by atoms with Crippen molar-refractivity contribution in [1.29, 1.82) is 0 Å². The lowest BCUT2D eigenvalue weighted by molar-refractivity contribution is -0.121. The summed E-state index contributed by atoms with van der Waals surface area (Å²) in [4.78, 5) is 18.0. The number of hydrogen-bond donors (Lipinski definition) is 2. The van der Waals surface area contributed by atoms with Gasteiger partial charge in [-0.05, 0) is 25.1 Å². The molecule has 2 atom stereocenters. The lowest BCUT2D eigenvalue weighted by Gasteiger charge is -2.16. The summed E-state index contributed by atoms with van der Waals surface area (Å²) in [6.07, 6.45) is 0. The van der Waals surface area contributed by atoms with E-state index >= 15 is 0 Å². The molecule has 1 amide bonds. The molecule has 1 fully saturated rings. The Hall–Kier alpha value is -1.99. The van der Waals surface area contributed by atoms with Crippen LogP contribution >= 0.6 is 11.6 Å². The van der Waals surface area contributed by atoms with Crippen LogP contribution in [0.3, 0.4) is 0 Å². The van der Waals surface area contributed by atoms with Crippen molar-refractivity contribution in [3.63, 3.8) is 0 Å². The summed E-state index contributed by atoms with van der Waals surface area (Å²) < 4.78 is 13.9. The fourth-order valence-electron chi connectivity index (χ4n) is 3.00. The molecular weight excluding hydrogens is 321 g/mol. The van der Waals surface area contributed by atoms with Gasteiger partial charge in [0.25, 0.3) is 0 Å². The van der Waals surface area contributed by atoms with Crippen LogP contribution in [0.15, 0.2) is 18.2 Å². The molecule has 1 aromatic heterocycles. The van der Waals surface area contributed by atoms with Crippen LogP contribution in [0.1, 0.15) is 23.1 Å². The lowest BCUT2D eigenvalue weighted by atomic mass is 9.95. The summed E-state index contributed by atoms with van der Waals surface area (Å²) in [5, 5.41) is 7.39. The Balaban J connectivity index is 1.80. The van der Waals surface area contributed by atoms with E-state index < -0.39 is 11.8 Å². The number of nitrogens with one attached hydrogen (secondary N) is 1. The first kappa shape index (κ1) is 15.9. The predicted octanol–water partition coefficient (Wildman–Crippen LogP) is 1.61. The fourth-order valence-corrected chi connectivity index (χ4v) is 3.19. The van der Waals surface area contributed by atoms with E-state index in [1.165, 1.54) is 12.1 Å². The second kappa shape index (κ2) is 6.25. The molecule has 2 heterocycles. The molecule has 23 heavy (non-hydrogen) atoms. The first-order chi connectivity index (χ1) is 10.9. The first-order valence-electron chi connectivity index (χ1n) is 7.28. The number of primary amides is 1. The molecule has 0 bridgehead atoms. The average Bonchev–Trinajstić information content (AvgIpc) is 3.09. The Morgan fingerprint density at radius 2 is 2.30 bits per heavy atom. The van der Waals surface area contributed by atoms with Gasteiger partial charge in [0.2, 0.25) is 5.91 Å². The third kappa shape index (κ3) is 3.35. The summed E-state index contributed by atoms with van der Waals surface area (Å²) in [6.45, 7) is 3.14. The quantitative estimate of drug-likeness (QED) is 0.887. The second-order valence-electron chi connectivity index (χ2n) is 5.82. The first-order valence-corrected chi connectivity index (χ1v) is 7.66. The molecule has 6 nitrogen and oxygen atoms in total. The Labute approximate surface area is 137 Å². The maximum atomic E-state index is 13.9. The molecule has 2 aromatic rings. The van der Waals surface area contributed by atoms with E-state index in [0.717, 1.165) is 0 Å². The van der Waals surface area contributed by atoms with Crippen LogP contribution in [0.4, 0.5) is 4.39 Å². The van der Waals surface area contributed by atoms with Crippen molar-refractivity contribution in [1.82, 2.24) is 20.1 Å². The van der Waals surface area contributed by atoms with E-state index in [0.29, 0.717) is 41.9 Å². The van der Waals surface area contributed by atoms with Gasteiger partial charge in [0.05, 0.1) is 5.92 Å². The van der Waals surface area contributed by atoms with Crippen molar-refractivity contribution in [2.75, 3.05) is 13.1 Å². The van der Waals surface area contributed by atoms with E-state index in [1.54, 1.807) is 13.0 Å². The number of halogens is 2. The number of aromatic amines is 1. The zero-order valence-electron chi connectivity index (χ0n) is 12.6. The molecule has 1 aliphatic rings. The largest absolute Gasteiger partial charge is 0.369 e. The van der Waals surface area contributed by atoms with Crippen LogP contribution in [-0.2, 0) is 11.3 Å². The van der Waals surface area contributed by atoms with Gasteiger partial charge in [0.15, 0.2) is 5.82 Å². The third-order valence-corrected chi connectivity index (χ3v) is 4.34. The van der Waals surface area contributed by atoms with E-state index in [-0.39, 0.29) is 11.7 Å². The average molecular weight is 338 g/mol. The molecule has 0 radical (unpaired) electrons. The van der Waals surface area contributed by atoms with Crippen LogP contribution < -0.4 is 5.73 Å². The highest BCUT2D eigenvalue weighted by Gasteiger charge is 2.39. The van der Waals surface area contributed by atoms with Crippen molar-refractivity contribution in [2.24, 2.45) is 11.7 Å². The van der Waals surface area contributed by atoms with Crippen molar-refractivity contribution >= 4 is 17.5 Å². The van der Waals surface area contributed by atoms with Crippen LogP contribution in [-0.4, -0.2) is 39.1 Å². The molecule has 0 unspecified atom stereocenters. The van der Waals surface area contributed by atoms with Gasteiger partial charge in [-0.3, -0.25) is 14.8 Å². The number of rotatable bonds is 4. The van der Waals surface area contributed by atoms with E-state index in [9.17, 15) is 9.18 Å². The number of benzene rings is 1. The van der Waals surface area contributed by atoms with Crippen molar-refractivity contribution in [2.45, 2.75) is 19.4 Å². The van der Waals surface area contributed by atoms with Gasteiger partial charge in [-0.25, -0.2) is 9.37 Å². The van der Waals surface area contributed by atoms with Gasteiger partial charge in [0.1, 0.15) is 11.6 Å². The monoisotopic (exact) mass is 337 g/mol. The zero-order chi connectivity index (χ0) is 16.6. The SMILES string of the molecule is Cc1nc([C@@H]2CN(Cc3cc(Cl)ccc3F)C[C@H]2C(N)=O)n[nH]1. The highest BCUT2D eigenvalue weighted by atomic mass is 35.5. The van der Waals surface area contributed by atoms with E-state index in [1.807, 2.05) is 4.90 Å². The van der Waals surface area contributed by atoms with Crippen molar-refractivity contribution in [3.8, 4) is 0 Å². The van der Waals surface area contributed by atoms with Crippen LogP contribution in [0, 0.1) is 18.7 Å². The summed E-state index contributed by atoms with van der Waals surface area (Å²) in [6, 6.07) is 4.45. The molecule has 0 aliphatic carbocycles. The number of aromatic nitrogens is 3. The number of aryl methyl sites for hydroxylation is 1. The zero-order valence-corrected chi connectivity index (χ0v) is 13.3. The molecule has 3 rings (SSSR count). The van der Waals surface area contributed by atoms with E-state index in [2.05, 4.69) is 15.2 Å². The number of H-pyrrole nitrogens is 1. The normalized spacial score (nSPS) is 21.7. The van der Waals surface area contributed by atoms with Gasteiger partial charge >= 0.3 is 0 Å². The standard InChI is InChI=1S/C15H17ClFN5O/c1-8-19-15(21-20-8)12-7-22(6-11(12)14(18)23)5-9-4-10(16)2-3-13(9)17/h2-4,11-12H,5-7H2,1H3,(H2,18,23)(H,19,20,21)/t11-,12-/m1/s1. The van der Waals surface area contributed by atoms with Crippen molar-refractivity contribution in [3.05, 3.63) is 46.3 Å². The molecule has 1 aliphatic heterocycles. The molecule has 8 heteroatoms. The highest BCUT2D eigenvalue weighted by Crippen LogP contribution is 2.32. The number of nitrogens with zero attached hydrogens (tertiary/aromatic N) is 3. The molecule has 1 saturated heterocycles. The lowest BCUT2D eigenvalue weighted by Crippen LogP contribution is -2.29. The van der Waals surface area contributed by atoms with Crippen LogP contribution in [0.25, 0.3) is 0 Å². The minimum absolute atomic E-state index is 0.195. The molecule has 122 valence electrons. The number of likely N-dealkylation sites (tertiary alicyclic amines) is 1. The molecule has 0 saturated carbocycles. The van der Waals surface area contributed by atoms with Crippen molar-refractivity contribution < 1.29 is 9.18 Å². The smallest absolute Gasteiger partial charge is 0.222 e. The number of amides is 1. The summed E-state index contributed by atoms with van der Waals surface area (Å²) >= 11 is 5.93. The summed E-state index contributed by atoms with van der Waals surface area (Å²) in [7, 11) is 0. The fraction of sp³-hybridized carbons (Fsp3) is 0.400. The Kier molecular flexibility index (Phi) is 4.32. The van der Waals surface area contributed by atoms with Crippen LogP contribution in [0.2, 0.25) is 5.02 Å². The molecule has 1 aromatic carbocycles. The number of carbonyl (C=O) groups is 1. The predicted molar refractivity (Wildman–Crippen MR) is 83.2 cm³/mol. The van der Waals surface area contributed by atoms with E-state index in [4.69, 9.17) is 17.3 Å². The Morgan fingerprint density at radius 3 is 2.96 bits per heavy atom. The minimum Gasteiger partial charge on any atom is -0.369 e. The van der Waals surface area contributed by atoms with Gasteiger partial charge in [-0.2, -0.15) is 5.10 Å². The summed E-state index contributed by atoms with van der Waals surface area (Å²) in [5.41, 5.74) is 6.01. The maximum Gasteiger partial charge on any atom is 0.222 e. The van der Waals surface area contributed by atoms with Gasteiger partial charge in [-0.1, -0.05) is 11.6 Å². The molecule has 3 N–H and O–H groups in total. The summed E-state index contributed by atoms with van der Waals surface area (Å²) in [5.74, 6) is -0.0520. The molecular formula is C15H17ClFN5O. The number of carbonyl (C=O) groups excluding carboxylic acids is 1. The molecule has 0 spiro atoms. The second-order valence-corrected chi connectivity index (χ2v) is 6.26. The van der Waals surface area contributed by atoms with Gasteiger partial charge in [0, 0.05) is 36.1 Å². The van der Waals surface area contributed by atoms with Crippen LogP contribution in [0.5, 0.6) is 0 Å². The van der Waals surface area contributed by atoms with Gasteiger partial charge in [-0.15, -0.1) is 0 Å². The maximum absolute atomic E-state index is 13.9. The third-order valence-electron chi connectivity index (χ3n) is 4.11. The number of hydrogen-bond acceptors (Lipinski definition) is 4. The number of nitrogens with two attached hydrogens (primary N) is 1. The minimum atomic E-state index is -0.397. The topological polar surface area (TPSA) is 87.9 Å². The van der Waals surface area contributed by atoms with Gasteiger partial charge < -0.3 is 5.73 Å². The Bertz CT molecular complexity index is 734.